The van der Waals surface area contributed by atoms with Crippen LogP contribution < -0.4 is 5.73 Å². The van der Waals surface area contributed by atoms with Gasteiger partial charge >= 0.3 is 0 Å². The molecule has 0 unspecified atom stereocenters. The molecular formula is C14H11F2NO. The number of hydrogen-bond acceptors (Lipinski definition) is 2. The molecule has 0 saturated heterocycles. The van der Waals surface area contributed by atoms with E-state index in [9.17, 15) is 13.6 Å². The van der Waals surface area contributed by atoms with Crippen molar-refractivity contribution in [1.29, 1.82) is 0 Å². The van der Waals surface area contributed by atoms with Gasteiger partial charge in [-0.05, 0) is 42.8 Å². The predicted octanol–water partition coefficient (Wildman–Crippen LogP) is 3.09. The van der Waals surface area contributed by atoms with Gasteiger partial charge in [0.15, 0.2) is 5.78 Å². The first kappa shape index (κ1) is 12.2. The molecule has 92 valence electrons. The fourth-order valence-corrected chi connectivity index (χ4v) is 1.64. The number of hydrogen-bond donors (Lipinski definition) is 1. The van der Waals surface area contributed by atoms with Crippen LogP contribution in [0.5, 0.6) is 0 Å². The van der Waals surface area contributed by atoms with Crippen molar-refractivity contribution in [1.82, 2.24) is 0 Å². The van der Waals surface area contributed by atoms with Gasteiger partial charge in [-0.2, -0.15) is 0 Å². The molecule has 0 bridgehead atoms. The second-order valence-corrected chi connectivity index (χ2v) is 4.00. The van der Waals surface area contributed by atoms with E-state index in [1.54, 1.807) is 0 Å². The maximum absolute atomic E-state index is 13.8. The molecule has 18 heavy (non-hydrogen) atoms. The van der Waals surface area contributed by atoms with Gasteiger partial charge in [0, 0.05) is 11.3 Å². The van der Waals surface area contributed by atoms with Gasteiger partial charge < -0.3 is 5.73 Å². The van der Waals surface area contributed by atoms with E-state index < -0.39 is 23.0 Å². The predicted molar refractivity (Wildman–Crippen MR) is 65.4 cm³/mol. The molecule has 0 spiro atoms. The van der Waals surface area contributed by atoms with E-state index in [4.69, 9.17) is 5.73 Å². The number of ketones is 1. The van der Waals surface area contributed by atoms with Crippen molar-refractivity contribution < 1.29 is 13.6 Å². The van der Waals surface area contributed by atoms with Crippen LogP contribution in [0.4, 0.5) is 14.5 Å². The van der Waals surface area contributed by atoms with Crippen LogP contribution in [0.25, 0.3) is 0 Å². The minimum atomic E-state index is -0.861. The fraction of sp³-hybridized carbons (Fsp3) is 0.0714. The third kappa shape index (κ3) is 2.09. The maximum atomic E-state index is 13.8. The molecule has 0 atom stereocenters. The lowest BCUT2D eigenvalue weighted by Gasteiger charge is -2.06. The molecule has 2 aromatic rings. The Morgan fingerprint density at radius 1 is 1.06 bits per heavy atom. The van der Waals surface area contributed by atoms with Crippen LogP contribution in [0.1, 0.15) is 21.5 Å². The third-order valence-corrected chi connectivity index (χ3v) is 2.68. The van der Waals surface area contributed by atoms with Gasteiger partial charge in [0.2, 0.25) is 0 Å². The number of carbonyl (C=O) groups excluding carboxylic acids is 1. The highest BCUT2D eigenvalue weighted by atomic mass is 19.1. The molecule has 0 fully saturated rings. The van der Waals surface area contributed by atoms with E-state index in [1.165, 1.54) is 37.3 Å². The lowest BCUT2D eigenvalue weighted by molar-refractivity contribution is 0.103. The van der Waals surface area contributed by atoms with Crippen molar-refractivity contribution in [3.63, 3.8) is 0 Å². The summed E-state index contributed by atoms with van der Waals surface area (Å²) < 4.78 is 27.4. The van der Waals surface area contributed by atoms with Gasteiger partial charge in [-0.25, -0.2) is 8.78 Å². The average Bonchev–Trinajstić information content (AvgIpc) is 2.35. The van der Waals surface area contributed by atoms with E-state index in [0.717, 1.165) is 6.07 Å². The first-order chi connectivity index (χ1) is 8.50. The van der Waals surface area contributed by atoms with Crippen molar-refractivity contribution in [2.45, 2.75) is 6.92 Å². The third-order valence-electron chi connectivity index (χ3n) is 2.68. The molecule has 4 heteroatoms. The number of carbonyl (C=O) groups is 1. The molecule has 2 N–H and O–H groups in total. The lowest BCUT2D eigenvalue weighted by Crippen LogP contribution is -2.08. The van der Waals surface area contributed by atoms with E-state index >= 15 is 0 Å². The molecule has 0 aromatic heterocycles. The minimum Gasteiger partial charge on any atom is -0.399 e. The van der Waals surface area contributed by atoms with Crippen LogP contribution in [0.3, 0.4) is 0 Å². The Kier molecular flexibility index (Phi) is 3.10. The summed E-state index contributed by atoms with van der Waals surface area (Å²) in [6.45, 7) is 1.48. The summed E-state index contributed by atoms with van der Waals surface area (Å²) in [4.78, 5) is 12.0. The minimum absolute atomic E-state index is 0.201. The van der Waals surface area contributed by atoms with Gasteiger partial charge in [-0.15, -0.1) is 0 Å². The zero-order valence-electron chi connectivity index (χ0n) is 9.71. The lowest BCUT2D eigenvalue weighted by atomic mass is 10.00. The Balaban J connectivity index is 2.52. The number of anilines is 1. The first-order valence-corrected chi connectivity index (χ1v) is 5.35. The van der Waals surface area contributed by atoms with Crippen molar-refractivity contribution in [3.8, 4) is 0 Å². The Morgan fingerprint density at radius 3 is 2.28 bits per heavy atom. The second-order valence-electron chi connectivity index (χ2n) is 4.00. The summed E-state index contributed by atoms with van der Waals surface area (Å²) in [7, 11) is 0. The summed E-state index contributed by atoms with van der Waals surface area (Å²) in [5, 5.41) is 0. The first-order valence-electron chi connectivity index (χ1n) is 5.35. The maximum Gasteiger partial charge on any atom is 0.198 e. The highest BCUT2D eigenvalue weighted by Gasteiger charge is 2.20. The standard InChI is InChI=1S/C14H11F2NO/c1-8-2-7-11(15)12(13(8)16)14(18)9-3-5-10(17)6-4-9/h2-7H,17H2,1H3. The Hall–Kier alpha value is -2.23. The van der Waals surface area contributed by atoms with Crippen molar-refractivity contribution >= 4 is 11.5 Å². The zero-order chi connectivity index (χ0) is 13.3. The summed E-state index contributed by atoms with van der Waals surface area (Å²) in [5.41, 5.74) is 5.88. The van der Waals surface area contributed by atoms with E-state index in [2.05, 4.69) is 0 Å². The second kappa shape index (κ2) is 4.56. The molecule has 0 heterocycles. The number of benzene rings is 2. The molecule has 2 rings (SSSR count). The van der Waals surface area contributed by atoms with Gasteiger partial charge in [0.1, 0.15) is 11.6 Å². The summed E-state index contributed by atoms with van der Waals surface area (Å²) in [6.07, 6.45) is 0. The molecule has 2 aromatic carbocycles. The molecule has 2 nitrogen and oxygen atoms in total. The molecular weight excluding hydrogens is 236 g/mol. The van der Waals surface area contributed by atoms with Gasteiger partial charge in [-0.3, -0.25) is 4.79 Å². The Bertz CT molecular complexity index is 606. The molecule has 0 amide bonds. The van der Waals surface area contributed by atoms with Gasteiger partial charge in [-0.1, -0.05) is 6.07 Å². The molecule has 0 saturated carbocycles. The Morgan fingerprint density at radius 2 is 1.67 bits per heavy atom. The average molecular weight is 247 g/mol. The van der Waals surface area contributed by atoms with Crippen LogP contribution in [-0.2, 0) is 0 Å². The van der Waals surface area contributed by atoms with Gasteiger partial charge in [0.05, 0.1) is 5.56 Å². The monoisotopic (exact) mass is 247 g/mol. The normalized spacial score (nSPS) is 10.4. The van der Waals surface area contributed by atoms with Crippen LogP contribution in [0, 0.1) is 18.6 Å². The van der Waals surface area contributed by atoms with Crippen molar-refractivity contribution in [3.05, 3.63) is 64.7 Å². The number of nitrogen functional groups attached to an aromatic ring is 1. The summed E-state index contributed by atoms with van der Waals surface area (Å²) in [6, 6.07) is 8.29. The molecule has 0 aliphatic carbocycles. The van der Waals surface area contributed by atoms with E-state index in [-0.39, 0.29) is 11.1 Å². The fourth-order valence-electron chi connectivity index (χ4n) is 1.64. The smallest absolute Gasteiger partial charge is 0.198 e. The zero-order valence-corrected chi connectivity index (χ0v) is 9.71. The van der Waals surface area contributed by atoms with E-state index in [1.807, 2.05) is 0 Å². The summed E-state index contributed by atoms with van der Waals surface area (Å²) in [5.74, 6) is -2.37. The van der Waals surface area contributed by atoms with Gasteiger partial charge in [0.25, 0.3) is 0 Å². The largest absolute Gasteiger partial charge is 0.399 e. The number of rotatable bonds is 2. The number of halogens is 2. The highest BCUT2D eigenvalue weighted by Crippen LogP contribution is 2.20. The molecule has 0 aliphatic rings. The molecule has 0 aliphatic heterocycles. The van der Waals surface area contributed by atoms with Crippen molar-refractivity contribution in [2.24, 2.45) is 0 Å². The number of nitrogens with two attached hydrogens (primary N) is 1. The number of aryl methyl sites for hydroxylation is 1. The summed E-state index contributed by atoms with van der Waals surface area (Å²) >= 11 is 0. The van der Waals surface area contributed by atoms with Crippen molar-refractivity contribution in [2.75, 3.05) is 5.73 Å². The van der Waals surface area contributed by atoms with Crippen LogP contribution in [-0.4, -0.2) is 5.78 Å². The van der Waals surface area contributed by atoms with Crippen LogP contribution in [0.15, 0.2) is 36.4 Å². The molecule has 0 radical (unpaired) electrons. The van der Waals surface area contributed by atoms with Crippen LogP contribution in [0.2, 0.25) is 0 Å². The van der Waals surface area contributed by atoms with Crippen LogP contribution >= 0.6 is 0 Å². The van der Waals surface area contributed by atoms with E-state index in [0.29, 0.717) is 5.69 Å². The SMILES string of the molecule is Cc1ccc(F)c(C(=O)c2ccc(N)cc2)c1F. The topological polar surface area (TPSA) is 43.1 Å². The quantitative estimate of drug-likeness (QED) is 0.654. The Labute approximate surface area is 103 Å². The highest BCUT2D eigenvalue weighted by molar-refractivity contribution is 6.09.